The summed E-state index contributed by atoms with van der Waals surface area (Å²) in [5.41, 5.74) is 0. The van der Waals surface area contributed by atoms with Crippen molar-refractivity contribution in [3.63, 3.8) is 0 Å². The highest BCUT2D eigenvalue weighted by Crippen LogP contribution is 2.35. The number of nitrogens with zero attached hydrogens (tertiary/aromatic N) is 2. The maximum atomic E-state index is 12.9. The van der Waals surface area contributed by atoms with Crippen LogP contribution in [-0.2, 0) is 9.53 Å². The summed E-state index contributed by atoms with van der Waals surface area (Å²) in [6, 6.07) is 0.351. The lowest BCUT2D eigenvalue weighted by Gasteiger charge is -2.51. The molecule has 5 aliphatic heterocycles. The van der Waals surface area contributed by atoms with Crippen LogP contribution >= 0.6 is 0 Å². The van der Waals surface area contributed by atoms with E-state index in [1.54, 1.807) is 0 Å². The Hall–Kier alpha value is -1.22. The molecule has 5 rings (SSSR count). The van der Waals surface area contributed by atoms with Crippen molar-refractivity contribution in [2.75, 3.05) is 13.1 Å². The molecule has 0 aromatic heterocycles. The third-order valence-electron chi connectivity index (χ3n) is 7.53. The summed E-state index contributed by atoms with van der Waals surface area (Å²) in [5, 5.41) is 10.3. The van der Waals surface area contributed by atoms with Gasteiger partial charge < -0.3 is 15.0 Å². The number of ketones is 1. The van der Waals surface area contributed by atoms with Crippen molar-refractivity contribution in [1.29, 1.82) is 0 Å². The Kier molecular flexibility index (Phi) is 4.85. The van der Waals surface area contributed by atoms with Gasteiger partial charge in [0.2, 0.25) is 0 Å². The van der Waals surface area contributed by atoms with Crippen molar-refractivity contribution in [3.05, 3.63) is 0 Å². The second-order valence-electron chi connectivity index (χ2n) is 9.24. The van der Waals surface area contributed by atoms with Gasteiger partial charge in [-0.3, -0.25) is 20.3 Å². The molecule has 0 aromatic carbocycles. The van der Waals surface area contributed by atoms with Crippen LogP contribution in [0.15, 0.2) is 0 Å². The van der Waals surface area contributed by atoms with E-state index in [0.717, 1.165) is 45.2 Å². The largest absolute Gasteiger partial charge is 0.373 e. The number of fused-ring (bicyclic) bond motifs is 2. The first-order valence-corrected chi connectivity index (χ1v) is 11.0. The summed E-state index contributed by atoms with van der Waals surface area (Å²) in [6.45, 7) is 6.08. The van der Waals surface area contributed by atoms with E-state index in [2.05, 4.69) is 34.7 Å². The molecule has 3 N–H and O–H groups in total. The molecule has 28 heavy (non-hydrogen) atoms. The molecule has 156 valence electrons. The summed E-state index contributed by atoms with van der Waals surface area (Å²) < 4.78 is 6.49. The van der Waals surface area contributed by atoms with Crippen LogP contribution in [0.2, 0.25) is 0 Å². The number of carbonyl (C=O) groups excluding carboxylic acids is 2. The van der Waals surface area contributed by atoms with Crippen LogP contribution in [0, 0.1) is 5.92 Å². The molecule has 2 bridgehead atoms. The fourth-order valence-electron chi connectivity index (χ4n) is 6.05. The monoisotopic (exact) mass is 391 g/mol. The van der Waals surface area contributed by atoms with E-state index < -0.39 is 0 Å². The molecule has 5 saturated heterocycles. The molecular formula is C20H33N5O3. The van der Waals surface area contributed by atoms with Crippen LogP contribution in [0.4, 0.5) is 4.79 Å². The Morgan fingerprint density at radius 2 is 1.93 bits per heavy atom. The molecule has 2 amide bonds. The number of hydrogen-bond donors (Lipinski definition) is 3. The zero-order valence-corrected chi connectivity index (χ0v) is 16.9. The van der Waals surface area contributed by atoms with E-state index >= 15 is 0 Å². The third kappa shape index (κ3) is 3.05. The third-order valence-corrected chi connectivity index (χ3v) is 7.53. The van der Waals surface area contributed by atoms with Crippen LogP contribution in [0.25, 0.3) is 0 Å². The number of nitrogens with one attached hydrogen (secondary N) is 3. The van der Waals surface area contributed by atoms with Gasteiger partial charge >= 0.3 is 6.03 Å². The first-order chi connectivity index (χ1) is 13.5. The summed E-state index contributed by atoms with van der Waals surface area (Å²) in [6.07, 6.45) is 5.39. The van der Waals surface area contributed by atoms with E-state index in [0.29, 0.717) is 18.2 Å². The van der Waals surface area contributed by atoms with Crippen molar-refractivity contribution in [2.24, 2.45) is 5.92 Å². The number of hydrogen-bond acceptors (Lipinski definition) is 6. The number of rotatable bonds is 0. The second kappa shape index (κ2) is 7.23. The summed E-state index contributed by atoms with van der Waals surface area (Å²) in [5.74, 6) is 0.426. The number of Topliss-reactive ketones (excluding diaryl/α,β-unsaturated/α-hetero) is 1. The highest BCUT2D eigenvalue weighted by molar-refractivity contribution is 5.83. The van der Waals surface area contributed by atoms with Gasteiger partial charge in [-0.25, -0.2) is 4.79 Å². The summed E-state index contributed by atoms with van der Waals surface area (Å²) >= 11 is 0. The topological polar surface area (TPSA) is 85.9 Å². The quantitative estimate of drug-likeness (QED) is 0.560. The zero-order valence-electron chi connectivity index (χ0n) is 16.9. The SMILES string of the molecule is CC1CC[C@H](C)OC2CCNC3NC(=O)N(C4CCC5C(=O)CCN1C5N4)C32. The maximum absolute atomic E-state index is 12.9. The lowest BCUT2D eigenvalue weighted by Crippen LogP contribution is -2.69. The molecule has 8 heteroatoms. The average Bonchev–Trinajstić information content (AvgIpc) is 3.02. The minimum atomic E-state index is -0.0658. The highest BCUT2D eigenvalue weighted by Gasteiger charge is 2.52. The van der Waals surface area contributed by atoms with Gasteiger partial charge in [-0.05, 0) is 52.5 Å². The van der Waals surface area contributed by atoms with Gasteiger partial charge in [0.25, 0.3) is 0 Å². The molecule has 0 aliphatic carbocycles. The van der Waals surface area contributed by atoms with Gasteiger partial charge in [0.05, 0.1) is 30.6 Å². The first kappa shape index (κ1) is 18.8. The second-order valence-corrected chi connectivity index (χ2v) is 9.24. The van der Waals surface area contributed by atoms with E-state index in [9.17, 15) is 9.59 Å². The molecule has 0 saturated carbocycles. The molecule has 5 fully saturated rings. The lowest BCUT2D eigenvalue weighted by atomic mass is 9.83. The zero-order chi connectivity index (χ0) is 19.4. The van der Waals surface area contributed by atoms with Gasteiger partial charge in [-0.15, -0.1) is 0 Å². The first-order valence-electron chi connectivity index (χ1n) is 11.0. The molecule has 8 atom stereocenters. The van der Waals surface area contributed by atoms with Crippen molar-refractivity contribution >= 4 is 11.8 Å². The molecule has 8 nitrogen and oxygen atoms in total. The normalized spacial score (nSPS) is 47.0. The smallest absolute Gasteiger partial charge is 0.320 e. The van der Waals surface area contributed by atoms with E-state index in [-0.39, 0.29) is 48.7 Å². The van der Waals surface area contributed by atoms with Crippen molar-refractivity contribution < 1.29 is 14.3 Å². The minimum Gasteiger partial charge on any atom is -0.373 e. The molecule has 5 aliphatic rings. The Morgan fingerprint density at radius 3 is 2.79 bits per heavy atom. The van der Waals surface area contributed by atoms with Gasteiger partial charge in [0.15, 0.2) is 0 Å². The standard InChI is InChI=1S/C20H33N5O3/c1-11-3-4-12(2)28-15-7-9-21-18-17(15)25(20(27)23-18)16-6-5-13-14(26)8-10-24(11)19(13)22-16/h11-13,15-19,21-22H,3-10H2,1-2H3,(H,23,27)/t11?,12-,13?,15?,16?,17?,18?,19?/m0/s1. The molecule has 0 radical (unpaired) electrons. The van der Waals surface area contributed by atoms with Crippen LogP contribution < -0.4 is 16.0 Å². The van der Waals surface area contributed by atoms with Crippen LogP contribution in [0.1, 0.15) is 52.4 Å². The van der Waals surface area contributed by atoms with Crippen LogP contribution in [0.3, 0.4) is 0 Å². The number of piperidine rings is 3. The predicted octanol–water partition coefficient (Wildman–Crippen LogP) is 0.582. The van der Waals surface area contributed by atoms with Crippen molar-refractivity contribution in [3.8, 4) is 0 Å². The average molecular weight is 392 g/mol. The molecular weight excluding hydrogens is 358 g/mol. The maximum Gasteiger partial charge on any atom is 0.320 e. The van der Waals surface area contributed by atoms with E-state index in [4.69, 9.17) is 4.74 Å². The highest BCUT2D eigenvalue weighted by atomic mass is 16.5. The predicted molar refractivity (Wildman–Crippen MR) is 103 cm³/mol. The van der Waals surface area contributed by atoms with Gasteiger partial charge in [0, 0.05) is 24.9 Å². The van der Waals surface area contributed by atoms with Crippen LogP contribution in [-0.4, -0.2) is 77.5 Å². The number of amides is 2. The number of carbonyl (C=O) groups is 2. The summed E-state index contributed by atoms with van der Waals surface area (Å²) in [4.78, 5) is 30.0. The Labute approximate surface area is 166 Å². The minimum absolute atomic E-state index is 0.0117. The number of urea groups is 1. The Balaban J connectivity index is 1.49. The van der Waals surface area contributed by atoms with E-state index in [1.807, 2.05) is 4.90 Å². The van der Waals surface area contributed by atoms with Crippen molar-refractivity contribution in [1.82, 2.24) is 25.8 Å². The van der Waals surface area contributed by atoms with Gasteiger partial charge in [-0.2, -0.15) is 0 Å². The Morgan fingerprint density at radius 1 is 1.07 bits per heavy atom. The van der Waals surface area contributed by atoms with Gasteiger partial charge in [0.1, 0.15) is 11.9 Å². The molecule has 5 heterocycles. The fourth-order valence-corrected chi connectivity index (χ4v) is 6.05. The lowest BCUT2D eigenvalue weighted by molar-refractivity contribution is -0.137. The molecule has 7 unspecified atom stereocenters. The van der Waals surface area contributed by atoms with E-state index in [1.165, 1.54) is 0 Å². The number of ether oxygens (including phenoxy) is 1. The van der Waals surface area contributed by atoms with Crippen molar-refractivity contribution in [2.45, 2.75) is 95.2 Å². The fraction of sp³-hybridized carbons (Fsp3) is 0.900. The van der Waals surface area contributed by atoms with Gasteiger partial charge in [-0.1, -0.05) is 0 Å². The molecule has 0 spiro atoms. The molecule has 0 aromatic rings. The Bertz CT molecular complexity index is 645. The van der Waals surface area contributed by atoms with Crippen LogP contribution in [0.5, 0.6) is 0 Å². The summed E-state index contributed by atoms with van der Waals surface area (Å²) in [7, 11) is 0.